The normalized spacial score (nSPS) is 14.5. The molecule has 0 spiro atoms. The number of halogens is 1. The maximum atomic E-state index is 14.3. The van der Waals surface area contributed by atoms with Gasteiger partial charge in [0.1, 0.15) is 18.3 Å². The topological polar surface area (TPSA) is 96.0 Å². The number of nitrogens with one attached hydrogen (secondary N) is 1. The molecule has 1 fully saturated rings. The molecule has 0 radical (unpaired) electrons. The molecule has 0 saturated heterocycles. The Labute approximate surface area is 260 Å². The minimum Gasteiger partial charge on any atom is -0.497 e. The molecule has 230 valence electrons. The number of carbonyl (C=O) groups is 2. The molecule has 2 amide bonds. The smallest absolute Gasteiger partial charge is 0.244 e. The quantitative estimate of drug-likeness (QED) is 0.286. The number of sulfonamides is 1. The standard InChI is InChI=1S/C33H40ClN3O5S/c1-24-29(34)18-11-19-30(24)37(43(3,40)41)23-32(38)36(22-26-14-10-17-28(20-26)42-2)31(21-25-12-6-4-7-13-25)33(39)35-27-15-8-5-9-16-27/h4,6-7,10-14,17-20,27,31H,5,8-9,15-16,21-23H2,1-3H3,(H,35,39)/t31-/m1/s1. The van der Waals surface area contributed by atoms with E-state index in [1.807, 2.05) is 48.5 Å². The van der Waals surface area contributed by atoms with Gasteiger partial charge in [-0.2, -0.15) is 0 Å². The second-order valence-corrected chi connectivity index (χ2v) is 13.4. The fourth-order valence-electron chi connectivity index (χ4n) is 5.53. The van der Waals surface area contributed by atoms with E-state index in [-0.39, 0.29) is 24.9 Å². The largest absolute Gasteiger partial charge is 0.497 e. The van der Waals surface area contributed by atoms with Crippen molar-refractivity contribution in [1.82, 2.24) is 10.2 Å². The molecule has 3 aromatic rings. The highest BCUT2D eigenvalue weighted by atomic mass is 35.5. The van der Waals surface area contributed by atoms with Crippen LogP contribution in [0.3, 0.4) is 0 Å². The summed E-state index contributed by atoms with van der Waals surface area (Å²) in [5.74, 6) is -0.146. The fourth-order valence-corrected chi connectivity index (χ4v) is 6.60. The van der Waals surface area contributed by atoms with Crippen LogP contribution in [0.15, 0.2) is 72.8 Å². The van der Waals surface area contributed by atoms with E-state index in [0.29, 0.717) is 22.0 Å². The molecule has 0 aromatic heterocycles. The third-order valence-corrected chi connectivity index (χ3v) is 9.43. The van der Waals surface area contributed by atoms with Crippen LogP contribution in [-0.4, -0.2) is 57.1 Å². The Morgan fingerprint density at radius 3 is 2.33 bits per heavy atom. The summed E-state index contributed by atoms with van der Waals surface area (Å²) >= 11 is 6.34. The van der Waals surface area contributed by atoms with Crippen LogP contribution in [0.25, 0.3) is 0 Å². The highest BCUT2D eigenvalue weighted by Gasteiger charge is 2.34. The van der Waals surface area contributed by atoms with E-state index >= 15 is 0 Å². The predicted octanol–water partition coefficient (Wildman–Crippen LogP) is 5.51. The summed E-state index contributed by atoms with van der Waals surface area (Å²) in [6, 6.07) is 20.9. The van der Waals surface area contributed by atoms with E-state index in [9.17, 15) is 18.0 Å². The predicted molar refractivity (Wildman–Crippen MR) is 171 cm³/mol. The van der Waals surface area contributed by atoms with E-state index in [1.165, 1.54) is 4.90 Å². The van der Waals surface area contributed by atoms with Crippen LogP contribution in [0.5, 0.6) is 5.75 Å². The lowest BCUT2D eigenvalue weighted by atomic mass is 9.94. The van der Waals surface area contributed by atoms with Gasteiger partial charge in [-0.25, -0.2) is 8.42 Å². The first-order valence-electron chi connectivity index (χ1n) is 14.6. The highest BCUT2D eigenvalue weighted by Crippen LogP contribution is 2.29. The lowest BCUT2D eigenvalue weighted by Crippen LogP contribution is -2.55. The van der Waals surface area contributed by atoms with E-state index in [0.717, 1.165) is 53.8 Å². The van der Waals surface area contributed by atoms with Gasteiger partial charge in [0.05, 0.1) is 19.1 Å². The van der Waals surface area contributed by atoms with Gasteiger partial charge in [0, 0.05) is 24.0 Å². The van der Waals surface area contributed by atoms with Crippen LogP contribution in [0.4, 0.5) is 5.69 Å². The van der Waals surface area contributed by atoms with E-state index in [4.69, 9.17) is 16.3 Å². The summed E-state index contributed by atoms with van der Waals surface area (Å²) in [5, 5.41) is 3.60. The average Bonchev–Trinajstić information content (AvgIpc) is 2.99. The molecule has 1 saturated carbocycles. The maximum absolute atomic E-state index is 14.3. The summed E-state index contributed by atoms with van der Waals surface area (Å²) in [5.41, 5.74) is 2.50. The van der Waals surface area contributed by atoms with Crippen LogP contribution < -0.4 is 14.4 Å². The number of amides is 2. The molecular weight excluding hydrogens is 586 g/mol. The molecule has 10 heteroatoms. The zero-order valence-electron chi connectivity index (χ0n) is 25.0. The van der Waals surface area contributed by atoms with Gasteiger partial charge in [0.25, 0.3) is 0 Å². The lowest BCUT2D eigenvalue weighted by molar-refractivity contribution is -0.140. The third kappa shape index (κ3) is 8.74. The van der Waals surface area contributed by atoms with Crippen molar-refractivity contribution < 1.29 is 22.7 Å². The first-order chi connectivity index (χ1) is 20.6. The van der Waals surface area contributed by atoms with E-state index in [2.05, 4.69) is 5.32 Å². The van der Waals surface area contributed by atoms with Crippen molar-refractivity contribution in [2.75, 3.05) is 24.2 Å². The van der Waals surface area contributed by atoms with Crippen LogP contribution in [0.2, 0.25) is 5.02 Å². The summed E-state index contributed by atoms with van der Waals surface area (Å²) in [4.78, 5) is 29.9. The number of ether oxygens (including phenoxy) is 1. The van der Waals surface area contributed by atoms with E-state index < -0.39 is 28.5 Å². The summed E-state index contributed by atoms with van der Waals surface area (Å²) in [7, 11) is -2.33. The van der Waals surface area contributed by atoms with Gasteiger partial charge in [-0.3, -0.25) is 13.9 Å². The summed E-state index contributed by atoms with van der Waals surface area (Å²) in [6.45, 7) is 1.30. The number of methoxy groups -OCH3 is 1. The van der Waals surface area contributed by atoms with Crippen molar-refractivity contribution in [3.8, 4) is 5.75 Å². The molecule has 43 heavy (non-hydrogen) atoms. The number of benzene rings is 3. The van der Waals surface area contributed by atoms with Gasteiger partial charge >= 0.3 is 0 Å². The monoisotopic (exact) mass is 625 g/mol. The Morgan fingerprint density at radius 2 is 1.65 bits per heavy atom. The van der Waals surface area contributed by atoms with Crippen molar-refractivity contribution >= 4 is 39.1 Å². The highest BCUT2D eigenvalue weighted by molar-refractivity contribution is 7.92. The van der Waals surface area contributed by atoms with Gasteiger partial charge < -0.3 is 15.0 Å². The molecule has 1 aliphatic rings. The van der Waals surface area contributed by atoms with Gasteiger partial charge in [-0.1, -0.05) is 79.4 Å². The second kappa shape index (κ2) is 14.8. The van der Waals surface area contributed by atoms with Crippen molar-refractivity contribution in [3.63, 3.8) is 0 Å². The number of nitrogens with zero attached hydrogens (tertiary/aromatic N) is 2. The molecule has 1 aliphatic carbocycles. The number of hydrogen-bond acceptors (Lipinski definition) is 5. The molecule has 3 aromatic carbocycles. The average molecular weight is 626 g/mol. The molecule has 0 unspecified atom stereocenters. The first kappa shape index (κ1) is 32.4. The maximum Gasteiger partial charge on any atom is 0.244 e. The summed E-state index contributed by atoms with van der Waals surface area (Å²) < 4.78 is 32.6. The Hall–Kier alpha value is -3.56. The van der Waals surface area contributed by atoms with Gasteiger partial charge in [0.2, 0.25) is 21.8 Å². The molecule has 0 bridgehead atoms. The Kier molecular flexibility index (Phi) is 11.1. The van der Waals surface area contributed by atoms with E-state index in [1.54, 1.807) is 38.3 Å². The van der Waals surface area contributed by atoms with Crippen molar-refractivity contribution in [2.24, 2.45) is 0 Å². The van der Waals surface area contributed by atoms with Crippen molar-refractivity contribution in [3.05, 3.63) is 94.5 Å². The lowest BCUT2D eigenvalue weighted by Gasteiger charge is -2.35. The zero-order chi connectivity index (χ0) is 31.0. The molecule has 4 rings (SSSR count). The number of carbonyl (C=O) groups excluding carboxylic acids is 2. The fraction of sp³-hybridized carbons (Fsp3) is 0.394. The molecule has 0 aliphatic heterocycles. The molecular formula is C33H40ClN3O5S. The molecule has 1 atom stereocenters. The van der Waals surface area contributed by atoms with Crippen molar-refractivity contribution in [1.29, 1.82) is 0 Å². The first-order valence-corrected chi connectivity index (χ1v) is 16.8. The Morgan fingerprint density at radius 1 is 0.977 bits per heavy atom. The van der Waals surface area contributed by atoms with Gasteiger partial charge in [-0.15, -0.1) is 0 Å². The number of anilines is 1. The third-order valence-electron chi connectivity index (χ3n) is 7.90. The second-order valence-electron chi connectivity index (χ2n) is 11.1. The van der Waals surface area contributed by atoms with Gasteiger partial charge in [0.15, 0.2) is 0 Å². The van der Waals surface area contributed by atoms with Crippen LogP contribution in [0.1, 0.15) is 48.8 Å². The molecule has 8 nitrogen and oxygen atoms in total. The SMILES string of the molecule is COc1cccc(CN(C(=O)CN(c2cccc(Cl)c2C)S(C)(=O)=O)[C@H](Cc2ccccc2)C(=O)NC2CCCCC2)c1. The molecule has 0 heterocycles. The molecule has 1 N–H and O–H groups in total. The summed E-state index contributed by atoms with van der Waals surface area (Å²) in [6.07, 6.45) is 6.35. The van der Waals surface area contributed by atoms with Gasteiger partial charge in [-0.05, 0) is 60.7 Å². The Bertz CT molecular complexity index is 1510. The minimum atomic E-state index is -3.89. The number of rotatable bonds is 12. The zero-order valence-corrected chi connectivity index (χ0v) is 26.5. The minimum absolute atomic E-state index is 0.0370. The van der Waals surface area contributed by atoms with Crippen molar-refractivity contribution in [2.45, 2.75) is 64.1 Å². The van der Waals surface area contributed by atoms with Crippen LogP contribution in [0, 0.1) is 6.92 Å². The van der Waals surface area contributed by atoms with Crippen LogP contribution >= 0.6 is 11.6 Å². The Balaban J connectivity index is 1.75. The van der Waals surface area contributed by atoms with Crippen LogP contribution in [-0.2, 0) is 32.6 Å². The number of hydrogen-bond donors (Lipinski definition) is 1.